The van der Waals surface area contributed by atoms with Crippen LogP contribution >= 0.6 is 11.3 Å². The average molecular weight is 425 g/mol. The molecule has 1 saturated heterocycles. The van der Waals surface area contributed by atoms with Gasteiger partial charge in [-0.15, -0.1) is 11.3 Å². The lowest BCUT2D eigenvalue weighted by Crippen LogP contribution is -2.52. The number of carbonyl (C=O) groups is 4. The SMILES string of the molecule is O=C(CCCc1ccccc1)CCc1scc2c1CN(C1CCC(=O)NC1=O)C2=O. The Morgan fingerprint density at radius 1 is 1.10 bits per heavy atom. The highest BCUT2D eigenvalue weighted by atomic mass is 32.1. The van der Waals surface area contributed by atoms with Crippen molar-refractivity contribution in [2.75, 3.05) is 0 Å². The van der Waals surface area contributed by atoms with Gasteiger partial charge in [0.1, 0.15) is 11.8 Å². The summed E-state index contributed by atoms with van der Waals surface area (Å²) >= 11 is 1.51. The first kappa shape index (κ1) is 20.5. The largest absolute Gasteiger partial charge is 0.322 e. The van der Waals surface area contributed by atoms with Crippen LogP contribution in [0.15, 0.2) is 35.7 Å². The number of amides is 3. The molecule has 30 heavy (non-hydrogen) atoms. The van der Waals surface area contributed by atoms with Crippen molar-refractivity contribution in [3.8, 4) is 0 Å². The van der Waals surface area contributed by atoms with Crippen LogP contribution < -0.4 is 5.32 Å². The molecule has 0 spiro atoms. The Labute approximate surface area is 179 Å². The molecule has 4 rings (SSSR count). The fourth-order valence-corrected chi connectivity index (χ4v) is 5.17. The molecule has 1 fully saturated rings. The normalized spacial score (nSPS) is 18.5. The molecular formula is C23H24N2O4S. The Morgan fingerprint density at radius 3 is 2.67 bits per heavy atom. The molecule has 1 unspecified atom stereocenters. The van der Waals surface area contributed by atoms with Crippen LogP contribution in [0.5, 0.6) is 0 Å². The van der Waals surface area contributed by atoms with Crippen molar-refractivity contribution in [2.24, 2.45) is 0 Å². The topological polar surface area (TPSA) is 83.6 Å². The van der Waals surface area contributed by atoms with Crippen LogP contribution in [0.1, 0.15) is 58.5 Å². The third-order valence-electron chi connectivity index (χ3n) is 5.78. The quantitative estimate of drug-likeness (QED) is 0.660. The monoisotopic (exact) mass is 424 g/mol. The summed E-state index contributed by atoms with van der Waals surface area (Å²) in [7, 11) is 0. The van der Waals surface area contributed by atoms with Gasteiger partial charge in [-0.3, -0.25) is 24.5 Å². The lowest BCUT2D eigenvalue weighted by atomic mass is 10.0. The molecule has 3 amide bonds. The van der Waals surface area contributed by atoms with E-state index >= 15 is 0 Å². The van der Waals surface area contributed by atoms with Crippen molar-refractivity contribution in [1.29, 1.82) is 0 Å². The van der Waals surface area contributed by atoms with Gasteiger partial charge in [-0.1, -0.05) is 30.3 Å². The van der Waals surface area contributed by atoms with Crippen LogP contribution in [0, 0.1) is 0 Å². The lowest BCUT2D eigenvalue weighted by molar-refractivity contribution is -0.137. The summed E-state index contributed by atoms with van der Waals surface area (Å²) in [5, 5.41) is 4.15. The summed E-state index contributed by atoms with van der Waals surface area (Å²) in [6, 6.07) is 9.55. The van der Waals surface area contributed by atoms with E-state index in [9.17, 15) is 19.2 Å². The predicted molar refractivity (Wildman–Crippen MR) is 113 cm³/mol. The van der Waals surface area contributed by atoms with Gasteiger partial charge < -0.3 is 4.90 Å². The number of Topliss-reactive ketones (excluding diaryl/α,β-unsaturated/α-hetero) is 1. The van der Waals surface area contributed by atoms with Gasteiger partial charge in [-0.05, 0) is 36.8 Å². The minimum absolute atomic E-state index is 0.156. The molecule has 7 heteroatoms. The fourth-order valence-electron chi connectivity index (χ4n) is 4.13. The summed E-state index contributed by atoms with van der Waals surface area (Å²) in [4.78, 5) is 51.2. The number of benzene rings is 1. The summed E-state index contributed by atoms with van der Waals surface area (Å²) < 4.78 is 0. The van der Waals surface area contributed by atoms with E-state index in [0.29, 0.717) is 37.8 Å². The molecule has 2 aromatic rings. The van der Waals surface area contributed by atoms with E-state index < -0.39 is 11.9 Å². The van der Waals surface area contributed by atoms with Crippen molar-refractivity contribution in [3.05, 3.63) is 57.3 Å². The zero-order chi connectivity index (χ0) is 21.1. The van der Waals surface area contributed by atoms with Crippen molar-refractivity contribution < 1.29 is 19.2 Å². The van der Waals surface area contributed by atoms with Gasteiger partial charge in [0, 0.05) is 36.1 Å². The molecule has 0 aliphatic carbocycles. The zero-order valence-electron chi connectivity index (χ0n) is 16.7. The average Bonchev–Trinajstić information content (AvgIpc) is 3.27. The van der Waals surface area contributed by atoms with E-state index in [0.717, 1.165) is 23.3 Å². The van der Waals surface area contributed by atoms with Crippen LogP contribution in [-0.2, 0) is 33.8 Å². The number of thiophene rings is 1. The van der Waals surface area contributed by atoms with Crippen LogP contribution in [-0.4, -0.2) is 34.4 Å². The van der Waals surface area contributed by atoms with Crippen LogP contribution in [0.25, 0.3) is 0 Å². The number of fused-ring (bicyclic) bond motifs is 1. The number of hydrogen-bond acceptors (Lipinski definition) is 5. The Morgan fingerprint density at radius 2 is 1.90 bits per heavy atom. The summed E-state index contributed by atoms with van der Waals surface area (Å²) in [6.45, 7) is 0.376. The maximum atomic E-state index is 12.8. The van der Waals surface area contributed by atoms with E-state index in [-0.39, 0.29) is 24.0 Å². The molecule has 1 N–H and O–H groups in total. The number of imide groups is 1. The molecule has 2 aliphatic heterocycles. The molecule has 1 atom stereocenters. The van der Waals surface area contributed by atoms with Gasteiger partial charge in [-0.25, -0.2) is 0 Å². The highest BCUT2D eigenvalue weighted by Crippen LogP contribution is 2.34. The third-order valence-corrected chi connectivity index (χ3v) is 6.87. The summed E-state index contributed by atoms with van der Waals surface area (Å²) in [6.07, 6.45) is 4.00. The van der Waals surface area contributed by atoms with E-state index in [1.165, 1.54) is 16.9 Å². The van der Waals surface area contributed by atoms with Gasteiger partial charge in [0.05, 0.1) is 5.56 Å². The lowest BCUT2D eigenvalue weighted by Gasteiger charge is -2.29. The molecule has 1 aromatic heterocycles. The second-order valence-corrected chi connectivity index (χ2v) is 8.79. The Hall–Kier alpha value is -2.80. The van der Waals surface area contributed by atoms with Crippen LogP contribution in [0.2, 0.25) is 0 Å². The number of hydrogen-bond donors (Lipinski definition) is 1. The van der Waals surface area contributed by atoms with Gasteiger partial charge in [0.15, 0.2) is 0 Å². The molecule has 0 saturated carbocycles. The molecule has 2 aliphatic rings. The molecule has 6 nitrogen and oxygen atoms in total. The van der Waals surface area contributed by atoms with E-state index in [2.05, 4.69) is 17.4 Å². The molecule has 0 bridgehead atoms. The number of aryl methyl sites for hydroxylation is 2. The highest BCUT2D eigenvalue weighted by molar-refractivity contribution is 7.10. The smallest absolute Gasteiger partial charge is 0.256 e. The number of rotatable bonds is 8. The molecule has 1 aromatic carbocycles. The van der Waals surface area contributed by atoms with Crippen molar-refractivity contribution in [3.63, 3.8) is 0 Å². The molecule has 3 heterocycles. The van der Waals surface area contributed by atoms with E-state index in [1.807, 2.05) is 23.6 Å². The van der Waals surface area contributed by atoms with Gasteiger partial charge in [0.25, 0.3) is 5.91 Å². The van der Waals surface area contributed by atoms with Crippen LogP contribution in [0.4, 0.5) is 0 Å². The standard InChI is InChI=1S/C23H24N2O4S/c26-16(8-4-7-15-5-2-1-3-6-15)9-11-20-17-13-25(23(29)18(17)14-30-20)19-10-12-21(27)24-22(19)28/h1-3,5-6,14,19H,4,7-13H2,(H,24,27,28). The molecule has 0 radical (unpaired) electrons. The number of nitrogens with zero attached hydrogens (tertiary/aromatic N) is 1. The molecule has 156 valence electrons. The second kappa shape index (κ2) is 8.92. The number of nitrogens with one attached hydrogen (secondary N) is 1. The van der Waals surface area contributed by atoms with Crippen molar-refractivity contribution in [2.45, 2.75) is 57.5 Å². The Kier molecular flexibility index (Phi) is 6.08. The van der Waals surface area contributed by atoms with Crippen LogP contribution in [0.3, 0.4) is 0 Å². The first-order chi connectivity index (χ1) is 14.5. The predicted octanol–water partition coefficient (Wildman–Crippen LogP) is 3.03. The van der Waals surface area contributed by atoms with Gasteiger partial charge >= 0.3 is 0 Å². The minimum Gasteiger partial charge on any atom is -0.322 e. The zero-order valence-corrected chi connectivity index (χ0v) is 17.5. The number of ketones is 1. The second-order valence-electron chi connectivity index (χ2n) is 7.83. The third kappa shape index (κ3) is 4.36. The number of piperidine rings is 1. The summed E-state index contributed by atoms with van der Waals surface area (Å²) in [5.74, 6) is -0.609. The summed E-state index contributed by atoms with van der Waals surface area (Å²) in [5.41, 5.74) is 2.82. The minimum atomic E-state index is -0.597. The van der Waals surface area contributed by atoms with Crippen molar-refractivity contribution >= 4 is 34.8 Å². The van der Waals surface area contributed by atoms with Crippen molar-refractivity contribution in [1.82, 2.24) is 10.2 Å². The maximum Gasteiger partial charge on any atom is 0.256 e. The number of carbonyl (C=O) groups excluding carboxylic acids is 4. The Balaban J connectivity index is 1.30. The highest BCUT2D eigenvalue weighted by Gasteiger charge is 2.40. The van der Waals surface area contributed by atoms with Gasteiger partial charge in [0.2, 0.25) is 11.8 Å². The maximum absolute atomic E-state index is 12.8. The first-order valence-electron chi connectivity index (χ1n) is 10.3. The van der Waals surface area contributed by atoms with E-state index in [4.69, 9.17) is 0 Å². The fraction of sp³-hybridized carbons (Fsp3) is 0.391. The molecular weight excluding hydrogens is 400 g/mol. The van der Waals surface area contributed by atoms with Gasteiger partial charge in [-0.2, -0.15) is 0 Å². The van der Waals surface area contributed by atoms with E-state index in [1.54, 1.807) is 4.90 Å². The first-order valence-corrected chi connectivity index (χ1v) is 11.2. The Bertz CT molecular complexity index is 982.